The van der Waals surface area contributed by atoms with Crippen molar-refractivity contribution in [2.75, 3.05) is 7.11 Å². The Morgan fingerprint density at radius 1 is 1.29 bits per heavy atom. The van der Waals surface area contributed by atoms with Crippen LogP contribution in [0.25, 0.3) is 0 Å². The maximum Gasteiger partial charge on any atom is 0.160 e. The molecular formula is C13H18ClNO2. The molecule has 1 aliphatic rings. The second kappa shape index (κ2) is 4.75. The molecule has 1 fully saturated rings. The number of aromatic hydroxyl groups is 1. The lowest BCUT2D eigenvalue weighted by Crippen LogP contribution is -2.38. The molecule has 1 aliphatic carbocycles. The van der Waals surface area contributed by atoms with E-state index in [1.165, 1.54) is 19.6 Å². The van der Waals surface area contributed by atoms with Crippen molar-refractivity contribution in [1.82, 2.24) is 0 Å². The van der Waals surface area contributed by atoms with E-state index in [1.54, 1.807) is 6.07 Å². The molecule has 1 aromatic carbocycles. The van der Waals surface area contributed by atoms with Gasteiger partial charge in [0.2, 0.25) is 0 Å². The molecule has 0 aromatic heterocycles. The number of phenols is 1. The van der Waals surface area contributed by atoms with Crippen LogP contribution < -0.4 is 10.5 Å². The summed E-state index contributed by atoms with van der Waals surface area (Å²) in [5.41, 5.74) is 6.94. The summed E-state index contributed by atoms with van der Waals surface area (Å²) in [5.74, 6) is 0.487. The lowest BCUT2D eigenvalue weighted by atomic mass is 9.77. The summed E-state index contributed by atoms with van der Waals surface area (Å²) >= 11 is 6.19. The Bertz CT molecular complexity index is 414. The summed E-state index contributed by atoms with van der Waals surface area (Å²) in [7, 11) is 1.52. The van der Waals surface area contributed by atoms with E-state index in [9.17, 15) is 5.11 Å². The van der Waals surface area contributed by atoms with Crippen LogP contribution in [-0.2, 0) is 5.54 Å². The molecule has 0 bridgehead atoms. The molecule has 0 spiro atoms. The fourth-order valence-electron chi connectivity index (χ4n) is 2.54. The van der Waals surface area contributed by atoms with Crippen molar-refractivity contribution in [1.29, 1.82) is 0 Å². The molecule has 0 amide bonds. The maximum absolute atomic E-state index is 9.65. The van der Waals surface area contributed by atoms with Gasteiger partial charge in [-0.05, 0) is 24.5 Å². The Hall–Kier alpha value is -0.930. The normalized spacial score (nSPS) is 19.0. The number of ether oxygens (including phenoxy) is 1. The Balaban J connectivity index is 2.43. The largest absolute Gasteiger partial charge is 0.504 e. The molecule has 0 aliphatic heterocycles. The van der Waals surface area contributed by atoms with E-state index >= 15 is 0 Å². The molecule has 2 rings (SSSR count). The highest BCUT2D eigenvalue weighted by Gasteiger charge is 2.32. The summed E-state index contributed by atoms with van der Waals surface area (Å²) in [6, 6.07) is 3.28. The number of halogens is 1. The highest BCUT2D eigenvalue weighted by atomic mass is 35.5. The number of hydrogen-bond donors (Lipinski definition) is 2. The number of hydrogen-bond acceptors (Lipinski definition) is 3. The van der Waals surface area contributed by atoms with Crippen molar-refractivity contribution in [3.63, 3.8) is 0 Å². The van der Waals surface area contributed by atoms with Crippen molar-refractivity contribution in [3.8, 4) is 11.5 Å². The first kappa shape index (κ1) is 12.5. The van der Waals surface area contributed by atoms with Crippen LogP contribution in [-0.4, -0.2) is 12.2 Å². The van der Waals surface area contributed by atoms with Crippen LogP contribution in [0, 0.1) is 0 Å². The maximum atomic E-state index is 9.65. The number of rotatable bonds is 2. The smallest absolute Gasteiger partial charge is 0.160 e. The Kier molecular flexibility index (Phi) is 3.50. The van der Waals surface area contributed by atoms with Crippen LogP contribution >= 0.6 is 11.6 Å². The molecule has 17 heavy (non-hydrogen) atoms. The van der Waals surface area contributed by atoms with Gasteiger partial charge in [0, 0.05) is 16.6 Å². The van der Waals surface area contributed by atoms with Gasteiger partial charge in [0.1, 0.15) is 0 Å². The van der Waals surface area contributed by atoms with Crippen molar-refractivity contribution in [2.24, 2.45) is 5.73 Å². The van der Waals surface area contributed by atoms with Crippen LogP contribution in [0.1, 0.15) is 37.7 Å². The minimum absolute atomic E-state index is 0.0562. The zero-order valence-electron chi connectivity index (χ0n) is 10.0. The van der Waals surface area contributed by atoms with Gasteiger partial charge in [-0.3, -0.25) is 0 Å². The van der Waals surface area contributed by atoms with E-state index in [4.69, 9.17) is 22.1 Å². The molecule has 94 valence electrons. The lowest BCUT2D eigenvalue weighted by molar-refractivity contribution is 0.300. The van der Waals surface area contributed by atoms with Crippen molar-refractivity contribution < 1.29 is 9.84 Å². The molecule has 0 atom stereocenters. The molecular weight excluding hydrogens is 238 g/mol. The van der Waals surface area contributed by atoms with Gasteiger partial charge in [0.05, 0.1) is 7.11 Å². The zero-order chi connectivity index (χ0) is 12.5. The Morgan fingerprint density at radius 2 is 1.94 bits per heavy atom. The third-order valence-corrected chi connectivity index (χ3v) is 3.86. The monoisotopic (exact) mass is 255 g/mol. The van der Waals surface area contributed by atoms with Gasteiger partial charge < -0.3 is 15.6 Å². The zero-order valence-corrected chi connectivity index (χ0v) is 10.8. The average Bonchev–Trinajstić information content (AvgIpc) is 2.30. The minimum Gasteiger partial charge on any atom is -0.504 e. The molecule has 0 radical (unpaired) electrons. The van der Waals surface area contributed by atoms with E-state index in [2.05, 4.69) is 0 Å². The predicted molar refractivity (Wildman–Crippen MR) is 68.6 cm³/mol. The van der Waals surface area contributed by atoms with Crippen LogP contribution in [0.3, 0.4) is 0 Å². The topological polar surface area (TPSA) is 55.5 Å². The average molecular weight is 256 g/mol. The van der Waals surface area contributed by atoms with E-state index in [0.29, 0.717) is 10.8 Å². The molecule has 1 saturated carbocycles. The van der Waals surface area contributed by atoms with Gasteiger partial charge in [-0.15, -0.1) is 0 Å². The van der Waals surface area contributed by atoms with Gasteiger partial charge in [0.15, 0.2) is 11.5 Å². The summed E-state index contributed by atoms with van der Waals surface area (Å²) in [4.78, 5) is 0. The quantitative estimate of drug-likeness (QED) is 0.853. The number of nitrogens with two attached hydrogens (primary N) is 1. The standard InChI is InChI=1S/C13H18ClNO2/c1-17-12-7-9(10(14)8-11(12)16)13(15)5-3-2-4-6-13/h7-8,16H,2-6,15H2,1H3. The molecule has 0 saturated heterocycles. The van der Waals surface area contributed by atoms with E-state index in [1.807, 2.05) is 0 Å². The number of phenolic OH excluding ortho intramolecular Hbond substituents is 1. The first-order chi connectivity index (χ1) is 8.07. The summed E-state index contributed by atoms with van der Waals surface area (Å²) < 4.78 is 5.11. The third-order valence-electron chi connectivity index (χ3n) is 3.55. The van der Waals surface area contributed by atoms with Gasteiger partial charge in [-0.2, -0.15) is 0 Å². The van der Waals surface area contributed by atoms with Crippen molar-refractivity contribution in [3.05, 3.63) is 22.7 Å². The minimum atomic E-state index is -0.379. The highest BCUT2D eigenvalue weighted by Crippen LogP contribution is 2.42. The van der Waals surface area contributed by atoms with Gasteiger partial charge in [-0.1, -0.05) is 30.9 Å². The Morgan fingerprint density at radius 3 is 2.53 bits per heavy atom. The van der Waals surface area contributed by atoms with Gasteiger partial charge in [0.25, 0.3) is 0 Å². The summed E-state index contributed by atoms with van der Waals surface area (Å²) in [5, 5.41) is 10.2. The number of methoxy groups -OCH3 is 1. The van der Waals surface area contributed by atoms with Crippen molar-refractivity contribution >= 4 is 11.6 Å². The Labute approximate surface area is 107 Å². The SMILES string of the molecule is COc1cc(C2(N)CCCCC2)c(Cl)cc1O. The molecule has 3 nitrogen and oxygen atoms in total. The van der Waals surface area contributed by atoms with Crippen LogP contribution in [0.15, 0.2) is 12.1 Å². The first-order valence-electron chi connectivity index (χ1n) is 5.93. The second-order valence-corrected chi connectivity index (χ2v) is 5.13. The van der Waals surface area contributed by atoms with E-state index < -0.39 is 0 Å². The molecule has 1 aromatic rings. The summed E-state index contributed by atoms with van der Waals surface area (Å²) in [6.07, 6.45) is 5.33. The molecule has 0 unspecified atom stereocenters. The van der Waals surface area contributed by atoms with Gasteiger partial charge >= 0.3 is 0 Å². The molecule has 3 N–H and O–H groups in total. The fourth-order valence-corrected chi connectivity index (χ4v) is 2.89. The fraction of sp³-hybridized carbons (Fsp3) is 0.538. The van der Waals surface area contributed by atoms with E-state index in [-0.39, 0.29) is 11.3 Å². The van der Waals surface area contributed by atoms with Crippen LogP contribution in [0.2, 0.25) is 5.02 Å². The predicted octanol–water partition coefficient (Wildman–Crippen LogP) is 3.17. The highest BCUT2D eigenvalue weighted by molar-refractivity contribution is 6.31. The van der Waals surface area contributed by atoms with E-state index in [0.717, 1.165) is 31.2 Å². The lowest BCUT2D eigenvalue weighted by Gasteiger charge is -2.34. The molecule has 0 heterocycles. The van der Waals surface area contributed by atoms with Gasteiger partial charge in [-0.25, -0.2) is 0 Å². The van der Waals surface area contributed by atoms with Crippen LogP contribution in [0.5, 0.6) is 11.5 Å². The first-order valence-corrected chi connectivity index (χ1v) is 6.30. The third kappa shape index (κ3) is 2.35. The van der Waals surface area contributed by atoms with Crippen LogP contribution in [0.4, 0.5) is 0 Å². The summed E-state index contributed by atoms with van der Waals surface area (Å²) in [6.45, 7) is 0. The second-order valence-electron chi connectivity index (χ2n) is 4.72. The van der Waals surface area contributed by atoms with Crippen molar-refractivity contribution in [2.45, 2.75) is 37.6 Å². The number of benzene rings is 1. The molecule has 4 heteroatoms.